The fourth-order valence-electron chi connectivity index (χ4n) is 2.87. The molecule has 2 bridgehead atoms. The quantitative estimate of drug-likeness (QED) is 0.881. The van der Waals surface area contributed by atoms with E-state index in [1.165, 1.54) is 18.2 Å². The highest BCUT2D eigenvalue weighted by Crippen LogP contribution is 2.35. The second kappa shape index (κ2) is 5.27. The molecule has 110 valence electrons. The van der Waals surface area contributed by atoms with E-state index in [2.05, 4.69) is 4.72 Å². The van der Waals surface area contributed by atoms with Crippen LogP contribution in [0.3, 0.4) is 0 Å². The van der Waals surface area contributed by atoms with Crippen molar-refractivity contribution in [3.8, 4) is 0 Å². The number of aliphatic hydroxyl groups is 1. The van der Waals surface area contributed by atoms with Crippen LogP contribution in [0.1, 0.15) is 24.8 Å². The monoisotopic (exact) mass is 317 g/mol. The Kier molecular flexibility index (Phi) is 3.77. The van der Waals surface area contributed by atoms with Gasteiger partial charge in [0.15, 0.2) is 0 Å². The first-order chi connectivity index (χ1) is 9.49. The lowest BCUT2D eigenvalue weighted by molar-refractivity contribution is 0.0996. The van der Waals surface area contributed by atoms with E-state index in [0.29, 0.717) is 10.6 Å². The van der Waals surface area contributed by atoms with Gasteiger partial charge >= 0.3 is 0 Å². The molecule has 5 nitrogen and oxygen atoms in total. The maximum Gasteiger partial charge on any atom is 0.240 e. The maximum absolute atomic E-state index is 12.4. The summed E-state index contributed by atoms with van der Waals surface area (Å²) >= 11 is 5.87. The lowest BCUT2D eigenvalue weighted by Crippen LogP contribution is -2.41. The molecule has 1 aromatic carbocycles. The summed E-state index contributed by atoms with van der Waals surface area (Å²) in [4.78, 5) is 0.119. The Balaban J connectivity index is 1.81. The Morgan fingerprint density at radius 3 is 2.80 bits per heavy atom. The zero-order valence-corrected chi connectivity index (χ0v) is 12.3. The predicted octanol–water partition coefficient (Wildman–Crippen LogP) is 1.43. The molecule has 7 heteroatoms. The van der Waals surface area contributed by atoms with E-state index in [0.717, 1.165) is 19.3 Å². The average molecular weight is 318 g/mol. The van der Waals surface area contributed by atoms with Crippen molar-refractivity contribution in [3.63, 3.8) is 0 Å². The number of rotatable bonds is 4. The summed E-state index contributed by atoms with van der Waals surface area (Å²) in [6.07, 6.45) is 2.81. The zero-order valence-electron chi connectivity index (χ0n) is 10.8. The summed E-state index contributed by atoms with van der Waals surface area (Å²) in [5.74, 6) is 0. The normalized spacial score (nSPS) is 29.0. The lowest BCUT2D eigenvalue weighted by Gasteiger charge is -2.20. The molecule has 0 saturated carbocycles. The zero-order chi connectivity index (χ0) is 14.3. The first-order valence-corrected chi connectivity index (χ1v) is 8.43. The van der Waals surface area contributed by atoms with Crippen molar-refractivity contribution in [2.24, 2.45) is 0 Å². The fourth-order valence-corrected chi connectivity index (χ4v) is 4.37. The second-order valence-corrected chi connectivity index (χ2v) is 7.37. The van der Waals surface area contributed by atoms with Gasteiger partial charge in [0.1, 0.15) is 0 Å². The van der Waals surface area contributed by atoms with Crippen molar-refractivity contribution in [2.75, 3.05) is 0 Å². The number of aliphatic hydroxyl groups excluding tert-OH is 1. The van der Waals surface area contributed by atoms with E-state index in [-0.39, 0.29) is 29.8 Å². The van der Waals surface area contributed by atoms with E-state index < -0.39 is 10.0 Å². The molecule has 2 N–H and O–H groups in total. The van der Waals surface area contributed by atoms with Gasteiger partial charge < -0.3 is 9.84 Å². The highest BCUT2D eigenvalue weighted by Gasteiger charge is 2.42. The standard InChI is InChI=1S/C13H16ClNO4S/c14-11-3-2-10(5-8(11)7-16)20(17,18)15-12-6-9-1-4-13(12)19-9/h2-3,5,9,12-13,15-16H,1,4,6-7H2. The Bertz CT molecular complexity index is 619. The van der Waals surface area contributed by atoms with E-state index >= 15 is 0 Å². The van der Waals surface area contributed by atoms with Crippen LogP contribution in [0, 0.1) is 0 Å². The smallest absolute Gasteiger partial charge is 0.240 e. The van der Waals surface area contributed by atoms with Crippen LogP contribution < -0.4 is 4.72 Å². The van der Waals surface area contributed by atoms with Gasteiger partial charge in [0.05, 0.1) is 29.8 Å². The van der Waals surface area contributed by atoms with E-state index in [1.807, 2.05) is 0 Å². The van der Waals surface area contributed by atoms with Crippen molar-refractivity contribution in [1.82, 2.24) is 4.72 Å². The third kappa shape index (κ3) is 2.58. The Morgan fingerprint density at radius 1 is 1.40 bits per heavy atom. The van der Waals surface area contributed by atoms with E-state index in [1.54, 1.807) is 0 Å². The van der Waals surface area contributed by atoms with Gasteiger partial charge in [-0.2, -0.15) is 0 Å². The molecule has 2 heterocycles. The van der Waals surface area contributed by atoms with Gasteiger partial charge in [-0.3, -0.25) is 0 Å². The molecule has 3 rings (SSSR count). The van der Waals surface area contributed by atoms with Crippen LogP contribution in [0.5, 0.6) is 0 Å². The first kappa shape index (κ1) is 14.3. The van der Waals surface area contributed by atoms with Crippen LogP contribution in [0.15, 0.2) is 23.1 Å². The number of sulfonamides is 1. The highest BCUT2D eigenvalue weighted by atomic mass is 35.5. The molecule has 0 amide bonds. The molecular formula is C13H16ClNO4S. The molecule has 2 fully saturated rings. The van der Waals surface area contributed by atoms with Crippen molar-refractivity contribution in [1.29, 1.82) is 0 Å². The third-order valence-corrected chi connectivity index (χ3v) is 5.77. The fraction of sp³-hybridized carbons (Fsp3) is 0.538. The highest BCUT2D eigenvalue weighted by molar-refractivity contribution is 7.89. The molecular weight excluding hydrogens is 302 g/mol. The number of hydrogen-bond donors (Lipinski definition) is 2. The number of benzene rings is 1. The summed E-state index contributed by atoms with van der Waals surface area (Å²) in [5, 5.41) is 9.52. The SMILES string of the molecule is O=S(=O)(NC1CC2CCC1O2)c1ccc(Cl)c(CO)c1. The van der Waals surface area contributed by atoms with Crippen molar-refractivity contribution >= 4 is 21.6 Å². The van der Waals surface area contributed by atoms with E-state index in [9.17, 15) is 8.42 Å². The lowest BCUT2D eigenvalue weighted by atomic mass is 9.96. The number of nitrogens with one attached hydrogen (secondary N) is 1. The summed E-state index contributed by atoms with van der Waals surface area (Å²) in [5.41, 5.74) is 0.402. The Hall–Kier alpha value is -0.660. The largest absolute Gasteiger partial charge is 0.392 e. The van der Waals surface area contributed by atoms with Crippen LogP contribution in [-0.2, 0) is 21.4 Å². The van der Waals surface area contributed by atoms with Crippen LogP contribution in [0.4, 0.5) is 0 Å². The topological polar surface area (TPSA) is 75.6 Å². The number of hydrogen-bond acceptors (Lipinski definition) is 4. The van der Waals surface area contributed by atoms with Gasteiger partial charge in [-0.25, -0.2) is 13.1 Å². The van der Waals surface area contributed by atoms with Gasteiger partial charge in [-0.05, 0) is 43.0 Å². The molecule has 1 aromatic rings. The minimum Gasteiger partial charge on any atom is -0.392 e. The van der Waals surface area contributed by atoms with Crippen LogP contribution in [0.2, 0.25) is 5.02 Å². The van der Waals surface area contributed by atoms with E-state index in [4.69, 9.17) is 21.4 Å². The van der Waals surface area contributed by atoms with Gasteiger partial charge in [-0.1, -0.05) is 11.6 Å². The second-order valence-electron chi connectivity index (χ2n) is 5.25. The van der Waals surface area contributed by atoms with Crippen molar-refractivity contribution in [3.05, 3.63) is 28.8 Å². The predicted molar refractivity (Wildman–Crippen MR) is 74.0 cm³/mol. The van der Waals surface area contributed by atoms with Crippen LogP contribution >= 0.6 is 11.6 Å². The molecule has 3 unspecified atom stereocenters. The molecule has 0 aliphatic carbocycles. The Labute approximate surface area is 122 Å². The summed E-state index contributed by atoms with van der Waals surface area (Å²) < 4.78 is 33.0. The first-order valence-electron chi connectivity index (χ1n) is 6.56. The minimum atomic E-state index is -3.62. The van der Waals surface area contributed by atoms with Crippen LogP contribution in [-0.4, -0.2) is 31.8 Å². The number of fused-ring (bicyclic) bond motifs is 2. The average Bonchev–Trinajstić information content (AvgIpc) is 3.00. The molecule has 0 radical (unpaired) electrons. The van der Waals surface area contributed by atoms with Gasteiger partial charge in [0, 0.05) is 5.02 Å². The molecule has 0 aromatic heterocycles. The summed E-state index contributed by atoms with van der Waals surface area (Å²) in [6.45, 7) is -0.292. The molecule has 20 heavy (non-hydrogen) atoms. The Morgan fingerprint density at radius 2 is 2.20 bits per heavy atom. The summed E-state index contributed by atoms with van der Waals surface area (Å²) in [7, 11) is -3.62. The van der Waals surface area contributed by atoms with Crippen molar-refractivity contribution < 1.29 is 18.3 Å². The third-order valence-electron chi connectivity index (χ3n) is 3.91. The molecule has 0 spiro atoms. The molecule has 2 aliphatic rings. The van der Waals surface area contributed by atoms with Gasteiger partial charge in [0.2, 0.25) is 10.0 Å². The number of ether oxygens (including phenoxy) is 1. The number of halogens is 1. The van der Waals surface area contributed by atoms with Crippen LogP contribution in [0.25, 0.3) is 0 Å². The van der Waals surface area contributed by atoms with Gasteiger partial charge in [0.25, 0.3) is 0 Å². The van der Waals surface area contributed by atoms with Gasteiger partial charge in [-0.15, -0.1) is 0 Å². The summed E-state index contributed by atoms with van der Waals surface area (Å²) in [6, 6.07) is 4.17. The minimum absolute atomic E-state index is 0.0145. The molecule has 3 atom stereocenters. The maximum atomic E-state index is 12.4. The molecule has 2 aliphatic heterocycles. The van der Waals surface area contributed by atoms with Crippen molar-refractivity contribution in [2.45, 2.75) is 49.0 Å². The molecule has 2 saturated heterocycles.